The molecule has 1 atom stereocenters. The second kappa shape index (κ2) is 14.4. The van der Waals surface area contributed by atoms with Gasteiger partial charge in [-0.3, -0.25) is 14.1 Å². The lowest BCUT2D eigenvalue weighted by molar-refractivity contribution is -0.144. The normalized spacial score (nSPS) is 17.8. The van der Waals surface area contributed by atoms with E-state index < -0.39 is 57.6 Å². The summed E-state index contributed by atoms with van der Waals surface area (Å²) in [5, 5.41) is 4.81. The summed E-state index contributed by atoms with van der Waals surface area (Å²) in [7, 11) is -4.31. The van der Waals surface area contributed by atoms with Crippen LogP contribution in [0.15, 0.2) is 30.3 Å². The molecule has 1 aromatic carbocycles. The molecule has 3 heterocycles. The lowest BCUT2D eigenvalue weighted by Gasteiger charge is -2.41. The number of alkyl halides is 6. The van der Waals surface area contributed by atoms with E-state index >= 15 is 0 Å². The molecule has 0 bridgehead atoms. The maximum Gasteiger partial charge on any atom is 0.451 e. The van der Waals surface area contributed by atoms with Gasteiger partial charge in [-0.05, 0) is 62.1 Å². The maximum absolute atomic E-state index is 13.8. The standard InChI is InChI=1S/C28H34F6N6O5S/c29-27(30,31)20-6-4-19(5-7-20)8-12-35-25(42)21-11-15-40(21)23-16-22(37-26(38-23)28(32,33)34)39-13-9-18(10-14-39)2-1-3-24(41)36-17-46(43,44)45/h4-7,16,18,21H,1-3,8-15,17H2,(H,35,42)(H,36,41)(H,43,44,45). The molecular formula is C28H34F6N6O5S. The molecule has 2 saturated heterocycles. The Morgan fingerprint density at radius 3 is 2.13 bits per heavy atom. The number of carbonyl (C=O) groups is 2. The molecule has 2 aromatic rings. The summed E-state index contributed by atoms with van der Waals surface area (Å²) < 4.78 is 110. The van der Waals surface area contributed by atoms with Crippen LogP contribution in [0.4, 0.5) is 38.0 Å². The zero-order valence-corrected chi connectivity index (χ0v) is 25.4. The predicted molar refractivity (Wildman–Crippen MR) is 154 cm³/mol. The number of anilines is 2. The van der Waals surface area contributed by atoms with Crippen LogP contribution < -0.4 is 20.4 Å². The first-order valence-corrected chi connectivity index (χ1v) is 16.2. The molecule has 254 valence electrons. The fourth-order valence-electron chi connectivity index (χ4n) is 5.36. The molecule has 0 saturated carbocycles. The molecule has 2 fully saturated rings. The highest BCUT2D eigenvalue weighted by Gasteiger charge is 2.40. The second-order valence-corrected chi connectivity index (χ2v) is 12.7. The highest BCUT2D eigenvalue weighted by Crippen LogP contribution is 2.35. The van der Waals surface area contributed by atoms with E-state index in [4.69, 9.17) is 4.55 Å². The number of amides is 2. The van der Waals surface area contributed by atoms with Gasteiger partial charge >= 0.3 is 12.4 Å². The van der Waals surface area contributed by atoms with Crippen molar-refractivity contribution in [3.05, 3.63) is 47.3 Å². The molecule has 1 unspecified atom stereocenters. The summed E-state index contributed by atoms with van der Waals surface area (Å²) in [6.07, 6.45) is -6.19. The third kappa shape index (κ3) is 9.91. The van der Waals surface area contributed by atoms with E-state index in [9.17, 15) is 44.3 Å². The van der Waals surface area contributed by atoms with Crippen molar-refractivity contribution in [2.75, 3.05) is 41.9 Å². The SMILES string of the molecule is O=C(CCCC1CCN(c2cc(N3CCC3C(=O)NCCc3ccc(C(F)(F)F)cc3)nc(C(F)(F)F)n2)CC1)NCS(=O)(=O)O. The molecule has 2 aliphatic rings. The lowest BCUT2D eigenvalue weighted by Crippen LogP contribution is -2.57. The van der Waals surface area contributed by atoms with Crippen LogP contribution in [-0.4, -0.2) is 72.9 Å². The minimum atomic E-state index is -4.83. The minimum absolute atomic E-state index is 0.0375. The van der Waals surface area contributed by atoms with Crippen molar-refractivity contribution in [1.29, 1.82) is 0 Å². The van der Waals surface area contributed by atoms with Crippen molar-refractivity contribution < 1.29 is 48.9 Å². The van der Waals surface area contributed by atoms with Gasteiger partial charge in [0.25, 0.3) is 10.1 Å². The van der Waals surface area contributed by atoms with Gasteiger partial charge < -0.3 is 20.4 Å². The second-order valence-electron chi connectivity index (χ2n) is 11.3. The first kappa shape index (κ1) is 35.2. The van der Waals surface area contributed by atoms with E-state index in [1.165, 1.54) is 23.1 Å². The summed E-state index contributed by atoms with van der Waals surface area (Å²) in [6.45, 7) is 1.23. The Balaban J connectivity index is 1.31. The monoisotopic (exact) mass is 680 g/mol. The van der Waals surface area contributed by atoms with Gasteiger partial charge in [0, 0.05) is 38.7 Å². The van der Waals surface area contributed by atoms with Crippen LogP contribution in [0.1, 0.15) is 55.5 Å². The van der Waals surface area contributed by atoms with Crippen LogP contribution in [0, 0.1) is 5.92 Å². The Morgan fingerprint density at radius 1 is 0.913 bits per heavy atom. The van der Waals surface area contributed by atoms with Crippen molar-refractivity contribution in [3.8, 4) is 0 Å². The lowest BCUT2D eigenvalue weighted by atomic mass is 9.91. The van der Waals surface area contributed by atoms with Crippen molar-refractivity contribution in [3.63, 3.8) is 0 Å². The summed E-state index contributed by atoms with van der Waals surface area (Å²) in [5.74, 6) is -2.90. The van der Waals surface area contributed by atoms with Gasteiger partial charge in [-0.2, -0.15) is 34.8 Å². The molecule has 3 N–H and O–H groups in total. The zero-order valence-electron chi connectivity index (χ0n) is 24.6. The van der Waals surface area contributed by atoms with Gasteiger partial charge in [0.2, 0.25) is 17.6 Å². The Kier molecular flexibility index (Phi) is 11.0. The summed E-state index contributed by atoms with van der Waals surface area (Å²) in [5.41, 5.74) is -0.199. The number of benzene rings is 1. The Hall–Kier alpha value is -3.67. The Bertz CT molecular complexity index is 1480. The zero-order chi connectivity index (χ0) is 33.7. The largest absolute Gasteiger partial charge is 0.451 e. The van der Waals surface area contributed by atoms with E-state index in [-0.39, 0.29) is 36.9 Å². The molecule has 0 radical (unpaired) electrons. The smallest absolute Gasteiger partial charge is 0.356 e. The summed E-state index contributed by atoms with van der Waals surface area (Å²) in [6, 6.07) is 5.22. The topological polar surface area (TPSA) is 145 Å². The molecular weight excluding hydrogens is 646 g/mol. The van der Waals surface area contributed by atoms with E-state index in [0.29, 0.717) is 57.3 Å². The Labute approximate surface area is 261 Å². The molecule has 2 aliphatic heterocycles. The third-order valence-electron chi connectivity index (χ3n) is 7.97. The highest BCUT2D eigenvalue weighted by molar-refractivity contribution is 7.85. The van der Waals surface area contributed by atoms with Gasteiger partial charge in [0.1, 0.15) is 23.6 Å². The molecule has 0 aliphatic carbocycles. The molecule has 1 aromatic heterocycles. The van der Waals surface area contributed by atoms with Crippen LogP contribution in [0.25, 0.3) is 0 Å². The van der Waals surface area contributed by atoms with Crippen molar-refractivity contribution in [2.45, 2.75) is 63.3 Å². The number of hydrogen-bond acceptors (Lipinski definition) is 8. The Morgan fingerprint density at radius 2 is 1.57 bits per heavy atom. The molecule has 4 rings (SSSR count). The van der Waals surface area contributed by atoms with E-state index in [1.54, 1.807) is 4.90 Å². The van der Waals surface area contributed by atoms with E-state index in [1.807, 2.05) is 0 Å². The maximum atomic E-state index is 13.8. The van der Waals surface area contributed by atoms with Crippen LogP contribution in [0.5, 0.6) is 0 Å². The number of carbonyl (C=O) groups excluding carboxylic acids is 2. The number of nitrogens with zero attached hydrogens (tertiary/aromatic N) is 4. The summed E-state index contributed by atoms with van der Waals surface area (Å²) in [4.78, 5) is 35.3. The first-order valence-electron chi connectivity index (χ1n) is 14.6. The fraction of sp³-hybridized carbons (Fsp3) is 0.571. The minimum Gasteiger partial charge on any atom is -0.356 e. The van der Waals surface area contributed by atoms with E-state index in [2.05, 4.69) is 20.6 Å². The van der Waals surface area contributed by atoms with Crippen molar-refractivity contribution in [2.24, 2.45) is 5.92 Å². The van der Waals surface area contributed by atoms with Crippen molar-refractivity contribution in [1.82, 2.24) is 20.6 Å². The quantitative estimate of drug-likeness (QED) is 0.225. The molecule has 46 heavy (non-hydrogen) atoms. The number of hydrogen-bond donors (Lipinski definition) is 3. The van der Waals surface area contributed by atoms with Gasteiger partial charge in [0.05, 0.1) is 5.56 Å². The van der Waals surface area contributed by atoms with E-state index in [0.717, 1.165) is 12.1 Å². The van der Waals surface area contributed by atoms with Gasteiger partial charge in [-0.1, -0.05) is 12.1 Å². The number of aromatic nitrogens is 2. The summed E-state index contributed by atoms with van der Waals surface area (Å²) >= 11 is 0. The molecule has 2 amide bonds. The fourth-order valence-corrected chi connectivity index (χ4v) is 5.71. The van der Waals surface area contributed by atoms with Crippen LogP contribution in [-0.2, 0) is 38.5 Å². The van der Waals surface area contributed by atoms with Crippen LogP contribution in [0.3, 0.4) is 0 Å². The number of rotatable bonds is 12. The number of nitrogens with one attached hydrogen (secondary N) is 2. The van der Waals surface area contributed by atoms with Crippen LogP contribution in [0.2, 0.25) is 0 Å². The van der Waals surface area contributed by atoms with Crippen molar-refractivity contribution >= 4 is 33.6 Å². The number of halogens is 6. The molecule has 0 spiro atoms. The average molecular weight is 681 g/mol. The first-order chi connectivity index (χ1) is 21.5. The molecule has 18 heteroatoms. The van der Waals surface area contributed by atoms with Gasteiger partial charge in [-0.15, -0.1) is 0 Å². The van der Waals surface area contributed by atoms with Gasteiger partial charge in [0.15, 0.2) is 0 Å². The third-order valence-corrected chi connectivity index (χ3v) is 8.48. The highest BCUT2D eigenvalue weighted by atomic mass is 32.2. The van der Waals surface area contributed by atoms with Crippen LogP contribution >= 0.6 is 0 Å². The number of piperidine rings is 1. The predicted octanol–water partition coefficient (Wildman–Crippen LogP) is 3.80. The van der Waals surface area contributed by atoms with Gasteiger partial charge in [-0.25, -0.2) is 9.97 Å². The molecule has 11 nitrogen and oxygen atoms in total. The average Bonchev–Trinajstić information content (AvgIpc) is 2.95.